The first-order chi connectivity index (χ1) is 16.8. The van der Waals surface area contributed by atoms with Crippen molar-refractivity contribution in [3.8, 4) is 0 Å². The molecule has 9 heteroatoms. The molecule has 2 aromatic carbocycles. The normalized spacial score (nSPS) is 12.6. The van der Waals surface area contributed by atoms with Crippen molar-refractivity contribution >= 4 is 23.8 Å². The number of benzene rings is 2. The smallest absolute Gasteiger partial charge is 0.305 e. The Morgan fingerprint density at radius 3 is 2.06 bits per heavy atom. The number of rotatable bonds is 9. The molecule has 0 radical (unpaired) electrons. The Kier molecular flexibility index (Phi) is 7.05. The molecule has 0 saturated heterocycles. The van der Waals surface area contributed by atoms with Gasteiger partial charge in [-0.3, -0.25) is 24.1 Å². The second kappa shape index (κ2) is 10.3. The van der Waals surface area contributed by atoms with Gasteiger partial charge in [0.15, 0.2) is 6.61 Å². The second-order valence-corrected chi connectivity index (χ2v) is 8.18. The summed E-state index contributed by atoms with van der Waals surface area (Å²) in [5.74, 6) is -0.952. The maximum Gasteiger partial charge on any atom is 0.305 e. The molecule has 0 atom stereocenters. The Bertz CT molecular complexity index is 1250. The van der Waals surface area contributed by atoms with Gasteiger partial charge in [-0.2, -0.15) is 4.57 Å². The van der Waals surface area contributed by atoms with Crippen LogP contribution in [0.2, 0.25) is 0 Å². The molecule has 9 nitrogen and oxygen atoms in total. The average molecular weight is 477 g/mol. The summed E-state index contributed by atoms with van der Waals surface area (Å²) < 4.78 is 14.2. The predicted molar refractivity (Wildman–Crippen MR) is 123 cm³/mol. The fraction of sp³-hybridized carbons (Fsp3) is 0.269. The molecule has 3 aromatic rings. The van der Waals surface area contributed by atoms with Crippen LogP contribution in [0.15, 0.2) is 60.8 Å². The molecule has 35 heavy (non-hydrogen) atoms. The van der Waals surface area contributed by atoms with E-state index in [4.69, 9.17) is 9.47 Å². The van der Waals surface area contributed by atoms with E-state index >= 15 is 0 Å². The Labute approximate surface area is 202 Å². The third-order valence-corrected chi connectivity index (χ3v) is 5.76. The highest BCUT2D eigenvalue weighted by atomic mass is 16.5. The van der Waals surface area contributed by atoms with Gasteiger partial charge < -0.3 is 9.47 Å². The summed E-state index contributed by atoms with van der Waals surface area (Å²) in [6.45, 7) is 3.15. The van der Waals surface area contributed by atoms with Crippen molar-refractivity contribution in [3.63, 3.8) is 0 Å². The predicted octanol–water partition coefficient (Wildman–Crippen LogP) is 2.25. The summed E-state index contributed by atoms with van der Waals surface area (Å²) in [5.41, 5.74) is 2.53. The van der Waals surface area contributed by atoms with Crippen LogP contribution < -0.4 is 4.57 Å². The summed E-state index contributed by atoms with van der Waals surface area (Å²) in [6, 6.07) is 16.5. The molecule has 1 aliphatic heterocycles. The summed E-state index contributed by atoms with van der Waals surface area (Å²) >= 11 is 0. The van der Waals surface area contributed by atoms with E-state index in [-0.39, 0.29) is 31.7 Å². The summed E-state index contributed by atoms with van der Waals surface area (Å²) in [4.78, 5) is 49.9. The highest BCUT2D eigenvalue weighted by Crippen LogP contribution is 2.23. The van der Waals surface area contributed by atoms with Gasteiger partial charge in [0.2, 0.25) is 6.73 Å². The van der Waals surface area contributed by atoms with E-state index < -0.39 is 11.9 Å². The third kappa shape index (κ3) is 5.29. The van der Waals surface area contributed by atoms with Gasteiger partial charge in [-0.25, -0.2) is 4.57 Å². The average Bonchev–Trinajstić information content (AvgIpc) is 3.29. The molecule has 0 aliphatic carbocycles. The lowest BCUT2D eigenvalue weighted by atomic mass is 10.1. The monoisotopic (exact) mass is 476 g/mol. The fourth-order valence-corrected chi connectivity index (χ4v) is 4.07. The number of hydrogen-bond donors (Lipinski definition) is 0. The highest BCUT2D eigenvalue weighted by Gasteiger charge is 2.35. The van der Waals surface area contributed by atoms with Gasteiger partial charge in [-0.1, -0.05) is 42.5 Å². The zero-order valence-corrected chi connectivity index (χ0v) is 19.6. The number of fused-ring (bicyclic) bond motifs is 1. The number of carbonyl (C=O) groups excluding carboxylic acids is 4. The topological polar surface area (TPSA) is 98.8 Å². The van der Waals surface area contributed by atoms with E-state index in [1.165, 1.54) is 18.7 Å². The zero-order chi connectivity index (χ0) is 24.9. The number of imide groups is 1. The van der Waals surface area contributed by atoms with E-state index in [1.807, 2.05) is 41.1 Å². The van der Waals surface area contributed by atoms with Crippen molar-refractivity contribution in [1.29, 1.82) is 0 Å². The Morgan fingerprint density at radius 1 is 0.857 bits per heavy atom. The highest BCUT2D eigenvalue weighted by molar-refractivity contribution is 6.21. The van der Waals surface area contributed by atoms with E-state index in [0.29, 0.717) is 29.9 Å². The number of aromatic nitrogens is 2. The van der Waals surface area contributed by atoms with Crippen molar-refractivity contribution in [2.45, 2.75) is 40.2 Å². The third-order valence-electron chi connectivity index (χ3n) is 5.76. The summed E-state index contributed by atoms with van der Waals surface area (Å²) in [5, 5.41) is 0. The van der Waals surface area contributed by atoms with Crippen LogP contribution in [-0.4, -0.2) is 39.8 Å². The number of carbonyl (C=O) groups is 4. The molecule has 180 valence electrons. The minimum absolute atomic E-state index is 0.0313. The number of hydrogen-bond acceptors (Lipinski definition) is 6. The number of amides is 2. The lowest BCUT2D eigenvalue weighted by molar-refractivity contribution is -0.697. The minimum atomic E-state index is -0.460. The molecule has 2 heterocycles. The number of nitrogens with zero attached hydrogens (tertiary/aromatic N) is 3. The number of esters is 2. The molecule has 1 aromatic heterocycles. The van der Waals surface area contributed by atoms with Crippen molar-refractivity contribution in [1.82, 2.24) is 9.47 Å². The van der Waals surface area contributed by atoms with Gasteiger partial charge in [0.05, 0.1) is 11.1 Å². The summed E-state index contributed by atoms with van der Waals surface area (Å²) in [6.07, 6.45) is 2.19. The maximum atomic E-state index is 12.8. The first-order valence-electron chi connectivity index (χ1n) is 11.2. The first kappa shape index (κ1) is 23.9. The van der Waals surface area contributed by atoms with Gasteiger partial charge in [-0.05, 0) is 17.7 Å². The van der Waals surface area contributed by atoms with Gasteiger partial charge >= 0.3 is 11.9 Å². The standard InChI is InChI=1S/C26H26N3O6/c1-18(30)34-16-24-27(14-20-8-4-3-5-9-20)15-21(29(24)17-35-19(2)31)12-13-28-25(32)22-10-6-7-11-23(22)26(28)33/h3-11,15H,12-14,16-17H2,1-2H3/q+1. The molecule has 0 saturated carbocycles. The Morgan fingerprint density at radius 2 is 1.46 bits per heavy atom. The van der Waals surface area contributed by atoms with E-state index in [1.54, 1.807) is 28.8 Å². The largest absolute Gasteiger partial charge is 0.453 e. The Balaban J connectivity index is 1.64. The quantitative estimate of drug-likeness (QED) is 0.267. The van der Waals surface area contributed by atoms with Crippen LogP contribution in [0.4, 0.5) is 0 Å². The Hall–Kier alpha value is -4.27. The molecule has 0 unspecified atom stereocenters. The minimum Gasteiger partial charge on any atom is -0.453 e. The van der Waals surface area contributed by atoms with Crippen LogP contribution in [-0.2, 0) is 45.4 Å². The molecule has 1 aliphatic rings. The lowest BCUT2D eigenvalue weighted by Crippen LogP contribution is -2.38. The van der Waals surface area contributed by atoms with Crippen LogP contribution in [0.1, 0.15) is 51.6 Å². The summed E-state index contributed by atoms with van der Waals surface area (Å²) in [7, 11) is 0. The molecular weight excluding hydrogens is 450 g/mol. The van der Waals surface area contributed by atoms with Crippen molar-refractivity contribution in [2.24, 2.45) is 0 Å². The van der Waals surface area contributed by atoms with Crippen LogP contribution in [0, 0.1) is 0 Å². The van der Waals surface area contributed by atoms with Gasteiger partial charge in [0.1, 0.15) is 18.4 Å². The molecule has 2 amide bonds. The zero-order valence-electron chi connectivity index (χ0n) is 19.6. The molecule has 0 spiro atoms. The van der Waals surface area contributed by atoms with Gasteiger partial charge in [0.25, 0.3) is 17.6 Å². The van der Waals surface area contributed by atoms with Crippen molar-refractivity contribution < 1.29 is 33.2 Å². The SMILES string of the molecule is CC(=O)OCc1n(COC(C)=O)c(CCN2C(=O)c3ccccc3C2=O)c[n+]1Cc1ccccc1. The van der Waals surface area contributed by atoms with Crippen LogP contribution in [0.5, 0.6) is 0 Å². The lowest BCUT2D eigenvalue weighted by Gasteiger charge is -2.13. The van der Waals surface area contributed by atoms with Crippen LogP contribution >= 0.6 is 0 Å². The van der Waals surface area contributed by atoms with Gasteiger partial charge in [-0.15, -0.1) is 0 Å². The maximum absolute atomic E-state index is 12.8. The van der Waals surface area contributed by atoms with E-state index in [2.05, 4.69) is 0 Å². The number of ether oxygens (including phenoxy) is 2. The van der Waals surface area contributed by atoms with Crippen LogP contribution in [0.3, 0.4) is 0 Å². The van der Waals surface area contributed by atoms with Crippen molar-refractivity contribution in [3.05, 3.63) is 89.0 Å². The van der Waals surface area contributed by atoms with Gasteiger partial charge in [0, 0.05) is 26.8 Å². The van der Waals surface area contributed by atoms with E-state index in [0.717, 1.165) is 11.3 Å². The van der Waals surface area contributed by atoms with Crippen LogP contribution in [0.25, 0.3) is 0 Å². The molecule has 0 bridgehead atoms. The molecule has 0 fully saturated rings. The molecular formula is C26H26N3O6+. The van der Waals surface area contributed by atoms with Crippen molar-refractivity contribution in [2.75, 3.05) is 6.54 Å². The first-order valence-corrected chi connectivity index (χ1v) is 11.2. The molecule has 4 rings (SSSR count). The second-order valence-electron chi connectivity index (χ2n) is 8.18. The number of imidazole rings is 1. The fourth-order valence-electron chi connectivity index (χ4n) is 4.07. The van der Waals surface area contributed by atoms with E-state index in [9.17, 15) is 19.2 Å². The molecule has 0 N–H and O–H groups in total.